The number of hydrogen-bond acceptors (Lipinski definition) is 3. The lowest BCUT2D eigenvalue weighted by Gasteiger charge is -2.45. The van der Waals surface area contributed by atoms with Crippen LogP contribution in [-0.4, -0.2) is 27.2 Å². The molecule has 0 unspecified atom stereocenters. The lowest BCUT2D eigenvalue weighted by Crippen LogP contribution is -2.62. The molecule has 23 heavy (non-hydrogen) atoms. The Morgan fingerprint density at radius 3 is 1.96 bits per heavy atom. The average molecular weight is 336 g/mol. The molecule has 0 bridgehead atoms. The highest BCUT2D eigenvalue weighted by Gasteiger charge is 2.44. The van der Waals surface area contributed by atoms with E-state index in [9.17, 15) is 4.79 Å². The van der Waals surface area contributed by atoms with Crippen LogP contribution < -0.4 is 4.98 Å². The van der Waals surface area contributed by atoms with Crippen LogP contribution in [0.3, 0.4) is 0 Å². The standard InChI is InChI=1S/C19H33NO2Si/c1-15(2)23(16(3)4,17(5)6)20-19(12-21)14-22-13-18-10-8-7-9-11-18/h7-12,15-17,19-20H,13-14H2,1-6H3/t19-/m1/s1. The molecule has 0 saturated heterocycles. The van der Waals surface area contributed by atoms with Crippen LogP contribution in [0, 0.1) is 0 Å². The van der Waals surface area contributed by atoms with Gasteiger partial charge in [0.1, 0.15) is 14.5 Å². The van der Waals surface area contributed by atoms with Crippen LogP contribution in [0.25, 0.3) is 0 Å². The summed E-state index contributed by atoms with van der Waals surface area (Å²) < 4.78 is 5.79. The van der Waals surface area contributed by atoms with Gasteiger partial charge in [-0.25, -0.2) is 0 Å². The molecule has 0 aromatic heterocycles. The summed E-state index contributed by atoms with van der Waals surface area (Å²) in [4.78, 5) is 15.3. The fourth-order valence-electron chi connectivity index (χ4n) is 3.81. The minimum absolute atomic E-state index is 0.224. The average Bonchev–Trinajstić information content (AvgIpc) is 2.50. The van der Waals surface area contributed by atoms with Crippen molar-refractivity contribution in [3.63, 3.8) is 0 Å². The predicted octanol–water partition coefficient (Wildman–Crippen LogP) is 4.54. The zero-order chi connectivity index (χ0) is 17.5. The number of hydrogen-bond donors (Lipinski definition) is 1. The fraction of sp³-hybridized carbons (Fsp3) is 0.632. The van der Waals surface area contributed by atoms with E-state index in [1.165, 1.54) is 0 Å². The molecule has 0 radical (unpaired) electrons. The van der Waals surface area contributed by atoms with E-state index in [0.29, 0.717) is 29.8 Å². The van der Waals surface area contributed by atoms with E-state index in [-0.39, 0.29) is 6.04 Å². The first-order valence-corrected chi connectivity index (χ1v) is 10.9. The zero-order valence-electron chi connectivity index (χ0n) is 15.5. The minimum atomic E-state index is -1.80. The maximum absolute atomic E-state index is 11.6. The van der Waals surface area contributed by atoms with Crippen LogP contribution in [0.1, 0.15) is 47.1 Å². The summed E-state index contributed by atoms with van der Waals surface area (Å²) in [6.45, 7) is 14.7. The van der Waals surface area contributed by atoms with E-state index < -0.39 is 8.24 Å². The predicted molar refractivity (Wildman–Crippen MR) is 100 cm³/mol. The van der Waals surface area contributed by atoms with E-state index in [0.717, 1.165) is 11.8 Å². The highest BCUT2D eigenvalue weighted by atomic mass is 28.3. The molecule has 3 nitrogen and oxygen atoms in total. The van der Waals surface area contributed by atoms with Gasteiger partial charge in [-0.2, -0.15) is 0 Å². The normalized spacial score (nSPS) is 13.8. The topological polar surface area (TPSA) is 38.3 Å². The Bertz CT molecular complexity index is 438. The summed E-state index contributed by atoms with van der Waals surface area (Å²) >= 11 is 0. The molecule has 4 heteroatoms. The van der Waals surface area contributed by atoms with Gasteiger partial charge in [-0.3, -0.25) is 0 Å². The number of ether oxygens (including phenoxy) is 1. The van der Waals surface area contributed by atoms with Gasteiger partial charge in [-0.1, -0.05) is 71.9 Å². The van der Waals surface area contributed by atoms with Crippen LogP contribution in [0.2, 0.25) is 16.6 Å². The maximum Gasteiger partial charge on any atom is 0.138 e. The van der Waals surface area contributed by atoms with Gasteiger partial charge >= 0.3 is 0 Å². The first kappa shape index (κ1) is 20.1. The van der Waals surface area contributed by atoms with Crippen LogP contribution in [0.4, 0.5) is 0 Å². The van der Waals surface area contributed by atoms with Crippen molar-refractivity contribution in [2.24, 2.45) is 0 Å². The van der Waals surface area contributed by atoms with E-state index in [4.69, 9.17) is 4.74 Å². The molecule has 1 rings (SSSR count). The molecule has 0 aliphatic carbocycles. The first-order valence-electron chi connectivity index (χ1n) is 8.69. The quantitative estimate of drug-likeness (QED) is 0.504. The van der Waals surface area contributed by atoms with Crippen LogP contribution >= 0.6 is 0 Å². The molecule has 130 valence electrons. The van der Waals surface area contributed by atoms with E-state index in [2.05, 4.69) is 46.5 Å². The molecule has 0 amide bonds. The number of carbonyl (C=O) groups excluding carboxylic acids is 1. The molecule has 0 aliphatic rings. The highest BCUT2D eigenvalue weighted by molar-refractivity contribution is 6.81. The summed E-state index contributed by atoms with van der Waals surface area (Å²) in [6, 6.07) is 9.85. The SMILES string of the molecule is CC(C)[Si](N[C@H](C=O)COCc1ccccc1)(C(C)C)C(C)C. The van der Waals surface area contributed by atoms with Crippen molar-refractivity contribution < 1.29 is 9.53 Å². The molecule has 1 aromatic carbocycles. The van der Waals surface area contributed by atoms with Gasteiger partial charge in [0.25, 0.3) is 0 Å². The Hall–Kier alpha value is -0.973. The summed E-state index contributed by atoms with van der Waals surface area (Å²) in [5.74, 6) is 0. The second-order valence-corrected chi connectivity index (χ2v) is 12.9. The second-order valence-electron chi connectivity index (χ2n) is 7.28. The van der Waals surface area contributed by atoms with Crippen molar-refractivity contribution in [2.75, 3.05) is 6.61 Å². The van der Waals surface area contributed by atoms with Gasteiger partial charge in [-0.15, -0.1) is 0 Å². The number of aldehydes is 1. The Kier molecular flexibility index (Phi) is 8.16. The lowest BCUT2D eigenvalue weighted by atomic mass is 10.2. The summed E-state index contributed by atoms with van der Waals surface area (Å²) in [7, 11) is -1.80. The third kappa shape index (κ3) is 5.26. The highest BCUT2D eigenvalue weighted by Crippen LogP contribution is 2.39. The van der Waals surface area contributed by atoms with Crippen molar-refractivity contribution in [1.29, 1.82) is 0 Å². The van der Waals surface area contributed by atoms with Gasteiger partial charge in [-0.05, 0) is 22.2 Å². The fourth-order valence-corrected chi connectivity index (χ4v) is 9.61. The summed E-state index contributed by atoms with van der Waals surface area (Å²) in [5.41, 5.74) is 2.84. The van der Waals surface area contributed by atoms with Crippen LogP contribution in [0.15, 0.2) is 30.3 Å². The van der Waals surface area contributed by atoms with E-state index >= 15 is 0 Å². The van der Waals surface area contributed by atoms with Gasteiger partial charge < -0.3 is 14.5 Å². The van der Waals surface area contributed by atoms with E-state index in [1.807, 2.05) is 30.3 Å². The Balaban J connectivity index is 2.70. The van der Waals surface area contributed by atoms with Gasteiger partial charge in [0.15, 0.2) is 0 Å². The van der Waals surface area contributed by atoms with Crippen molar-refractivity contribution in [3.05, 3.63) is 35.9 Å². The molecular weight excluding hydrogens is 302 g/mol. The van der Waals surface area contributed by atoms with Gasteiger partial charge in [0, 0.05) is 0 Å². The van der Waals surface area contributed by atoms with Gasteiger partial charge in [0.05, 0.1) is 19.3 Å². The smallest absolute Gasteiger partial charge is 0.138 e. The Morgan fingerprint density at radius 1 is 1.00 bits per heavy atom. The maximum atomic E-state index is 11.6. The molecule has 0 fully saturated rings. The van der Waals surface area contributed by atoms with Crippen LogP contribution in [0.5, 0.6) is 0 Å². The minimum Gasteiger partial charge on any atom is -0.375 e. The first-order chi connectivity index (χ1) is 10.8. The van der Waals surface area contributed by atoms with Crippen molar-refractivity contribution in [3.8, 4) is 0 Å². The lowest BCUT2D eigenvalue weighted by molar-refractivity contribution is -0.110. The molecule has 1 N–H and O–H groups in total. The summed E-state index contributed by atoms with van der Waals surface area (Å²) in [5, 5.41) is 0. The Labute approximate surface area is 142 Å². The van der Waals surface area contributed by atoms with Crippen molar-refractivity contribution >= 4 is 14.5 Å². The molecule has 1 atom stereocenters. The molecule has 0 saturated carbocycles. The molecule has 0 aliphatic heterocycles. The number of rotatable bonds is 10. The summed E-state index contributed by atoms with van der Waals surface area (Å²) in [6.07, 6.45) is 1.01. The van der Waals surface area contributed by atoms with E-state index in [1.54, 1.807) is 0 Å². The number of carbonyl (C=O) groups is 1. The molecule has 1 aromatic rings. The van der Waals surface area contributed by atoms with Crippen LogP contribution in [-0.2, 0) is 16.1 Å². The number of benzene rings is 1. The largest absolute Gasteiger partial charge is 0.375 e. The third-order valence-electron chi connectivity index (χ3n) is 4.87. The van der Waals surface area contributed by atoms with Crippen molar-refractivity contribution in [2.45, 2.75) is 70.8 Å². The van der Waals surface area contributed by atoms with Crippen molar-refractivity contribution in [1.82, 2.24) is 4.98 Å². The van der Waals surface area contributed by atoms with Gasteiger partial charge in [0.2, 0.25) is 0 Å². The molecule has 0 spiro atoms. The third-order valence-corrected chi connectivity index (χ3v) is 11.5. The second kappa shape index (κ2) is 9.35. The molecule has 0 heterocycles. The Morgan fingerprint density at radius 2 is 1.52 bits per heavy atom. The number of nitrogens with one attached hydrogen (secondary N) is 1. The molecular formula is C19H33NO2Si. The monoisotopic (exact) mass is 335 g/mol. The zero-order valence-corrected chi connectivity index (χ0v) is 16.5.